The lowest BCUT2D eigenvalue weighted by atomic mass is 10.00. The Morgan fingerprint density at radius 3 is 1.29 bits per heavy atom. The van der Waals surface area contributed by atoms with Crippen LogP contribution in [0.4, 0.5) is 0 Å². The molecule has 0 saturated carbocycles. The van der Waals surface area contributed by atoms with Crippen LogP contribution in [-0.2, 0) is 52.2 Å². The minimum atomic E-state index is -0.251. The molecule has 1 unspecified atom stereocenters. The van der Waals surface area contributed by atoms with Crippen LogP contribution >= 0.6 is 0 Å². The highest BCUT2D eigenvalue weighted by Gasteiger charge is 2.16. The van der Waals surface area contributed by atoms with Crippen LogP contribution in [0.2, 0.25) is 0 Å². The van der Waals surface area contributed by atoms with Crippen molar-refractivity contribution in [1.29, 1.82) is 0 Å². The number of carbonyl (C=O) groups is 2. The van der Waals surface area contributed by atoms with Crippen LogP contribution in [0.5, 0.6) is 0 Å². The summed E-state index contributed by atoms with van der Waals surface area (Å²) in [6.45, 7) is 12.9. The van der Waals surface area contributed by atoms with E-state index < -0.39 is 0 Å². The van der Waals surface area contributed by atoms with E-state index in [0.717, 1.165) is 25.7 Å². The van der Waals surface area contributed by atoms with Crippen molar-refractivity contribution in [2.75, 3.05) is 106 Å². The van der Waals surface area contributed by atoms with Crippen molar-refractivity contribution in [2.24, 2.45) is 5.92 Å². The Hall–Kier alpha value is -1.34. The molecule has 0 rings (SSSR count). The van der Waals surface area contributed by atoms with Gasteiger partial charge < -0.3 is 42.6 Å². The van der Waals surface area contributed by atoms with Gasteiger partial charge in [-0.05, 0) is 19.8 Å². The van der Waals surface area contributed by atoms with Crippen LogP contribution in [0.15, 0.2) is 0 Å². The SMILES string of the molecule is CCCCC(CC)C(=O)OCCOCCOCCOCCOCCOCCOCCOCCC(=O)OCC. The molecule has 11 heteroatoms. The van der Waals surface area contributed by atoms with E-state index in [2.05, 4.69) is 6.92 Å². The normalized spacial score (nSPS) is 12.0. The number of hydrogen-bond donors (Lipinski definition) is 0. The number of hydrogen-bond acceptors (Lipinski definition) is 11. The highest BCUT2D eigenvalue weighted by molar-refractivity contribution is 5.72. The molecule has 0 aromatic carbocycles. The van der Waals surface area contributed by atoms with Crippen LogP contribution in [0.25, 0.3) is 0 Å². The fourth-order valence-corrected chi connectivity index (χ4v) is 3.07. The number of unbranched alkanes of at least 4 members (excludes halogenated alkanes) is 1. The van der Waals surface area contributed by atoms with E-state index in [1.165, 1.54) is 0 Å². The van der Waals surface area contributed by atoms with Gasteiger partial charge in [-0.1, -0.05) is 26.7 Å². The highest BCUT2D eigenvalue weighted by Crippen LogP contribution is 2.14. The second-order valence-electron chi connectivity index (χ2n) is 8.26. The van der Waals surface area contributed by atoms with Gasteiger partial charge in [-0.25, -0.2) is 0 Å². The van der Waals surface area contributed by atoms with Gasteiger partial charge in [-0.15, -0.1) is 0 Å². The molecule has 0 aliphatic carbocycles. The third-order valence-electron chi connectivity index (χ3n) is 5.19. The summed E-state index contributed by atoms with van der Waals surface area (Å²) in [7, 11) is 0. The summed E-state index contributed by atoms with van der Waals surface area (Å²) in [5.74, 6) is -0.377. The van der Waals surface area contributed by atoms with Gasteiger partial charge in [0.05, 0.1) is 111 Å². The van der Waals surface area contributed by atoms with E-state index in [0.29, 0.717) is 99.1 Å². The Morgan fingerprint density at radius 1 is 0.526 bits per heavy atom. The average Bonchev–Trinajstić information content (AvgIpc) is 2.91. The second kappa shape index (κ2) is 30.2. The van der Waals surface area contributed by atoms with E-state index in [1.807, 2.05) is 6.92 Å². The summed E-state index contributed by atoms with van der Waals surface area (Å²) in [5, 5.41) is 0. The number of carbonyl (C=O) groups excluding carboxylic acids is 2. The van der Waals surface area contributed by atoms with Gasteiger partial charge in [0.1, 0.15) is 6.61 Å². The number of ether oxygens (including phenoxy) is 9. The van der Waals surface area contributed by atoms with E-state index in [4.69, 9.17) is 42.6 Å². The third-order valence-corrected chi connectivity index (χ3v) is 5.19. The maximum Gasteiger partial charge on any atom is 0.308 e. The molecule has 11 nitrogen and oxygen atoms in total. The van der Waals surface area contributed by atoms with Crippen molar-refractivity contribution < 1.29 is 52.2 Å². The van der Waals surface area contributed by atoms with Gasteiger partial charge in [-0.2, -0.15) is 0 Å². The van der Waals surface area contributed by atoms with E-state index >= 15 is 0 Å². The maximum atomic E-state index is 12.0. The first-order valence-corrected chi connectivity index (χ1v) is 14.0. The summed E-state index contributed by atoms with van der Waals surface area (Å²) in [6.07, 6.45) is 4.09. The largest absolute Gasteiger partial charge is 0.466 e. The highest BCUT2D eigenvalue weighted by atomic mass is 16.6. The zero-order valence-electron chi connectivity index (χ0n) is 23.9. The van der Waals surface area contributed by atoms with Gasteiger partial charge >= 0.3 is 11.9 Å². The minimum absolute atomic E-state index is 0.00299. The summed E-state index contributed by atoms with van der Waals surface area (Å²) < 4.78 is 47.9. The van der Waals surface area contributed by atoms with Gasteiger partial charge in [-0.3, -0.25) is 9.59 Å². The lowest BCUT2D eigenvalue weighted by Crippen LogP contribution is -2.20. The van der Waals surface area contributed by atoms with E-state index in [9.17, 15) is 9.59 Å². The van der Waals surface area contributed by atoms with Gasteiger partial charge in [0, 0.05) is 0 Å². The van der Waals surface area contributed by atoms with Crippen LogP contribution in [-0.4, -0.2) is 118 Å². The third kappa shape index (κ3) is 26.3. The zero-order chi connectivity index (χ0) is 27.9. The van der Waals surface area contributed by atoms with E-state index in [1.54, 1.807) is 6.92 Å². The predicted molar refractivity (Wildman–Crippen MR) is 141 cm³/mol. The summed E-state index contributed by atoms with van der Waals surface area (Å²) >= 11 is 0. The van der Waals surface area contributed by atoms with Gasteiger partial charge in [0.25, 0.3) is 0 Å². The van der Waals surface area contributed by atoms with Crippen LogP contribution in [0.1, 0.15) is 52.9 Å². The van der Waals surface area contributed by atoms with Gasteiger partial charge in [0.15, 0.2) is 0 Å². The molecule has 0 aliphatic heterocycles. The number of rotatable bonds is 30. The smallest absolute Gasteiger partial charge is 0.308 e. The zero-order valence-corrected chi connectivity index (χ0v) is 23.9. The Balaban J connectivity index is 3.20. The molecule has 1 atom stereocenters. The Labute approximate surface area is 229 Å². The van der Waals surface area contributed by atoms with Crippen molar-refractivity contribution in [2.45, 2.75) is 52.9 Å². The van der Waals surface area contributed by atoms with Crippen molar-refractivity contribution >= 4 is 11.9 Å². The summed E-state index contributed by atoms with van der Waals surface area (Å²) in [4.78, 5) is 23.1. The van der Waals surface area contributed by atoms with Crippen LogP contribution in [0.3, 0.4) is 0 Å². The van der Waals surface area contributed by atoms with Crippen LogP contribution < -0.4 is 0 Å². The van der Waals surface area contributed by atoms with Gasteiger partial charge in [0.2, 0.25) is 0 Å². The molecule has 0 fully saturated rings. The topological polar surface area (TPSA) is 117 Å². The lowest BCUT2D eigenvalue weighted by Gasteiger charge is -2.13. The molecule has 0 heterocycles. The molecule has 38 heavy (non-hydrogen) atoms. The summed E-state index contributed by atoms with van der Waals surface area (Å²) in [6, 6.07) is 0. The average molecular weight is 553 g/mol. The summed E-state index contributed by atoms with van der Waals surface area (Å²) in [5.41, 5.74) is 0. The molecular weight excluding hydrogens is 500 g/mol. The first kappa shape index (κ1) is 36.7. The number of esters is 2. The molecule has 0 bridgehead atoms. The molecular formula is C27H52O11. The minimum Gasteiger partial charge on any atom is -0.466 e. The molecule has 0 aliphatic rings. The quantitative estimate of drug-likeness (QED) is 0.0967. The maximum absolute atomic E-state index is 12.0. The first-order chi connectivity index (χ1) is 18.7. The molecule has 0 aromatic heterocycles. The lowest BCUT2D eigenvalue weighted by molar-refractivity contribution is -0.150. The molecule has 0 saturated heterocycles. The Kier molecular flexibility index (Phi) is 29.1. The second-order valence-corrected chi connectivity index (χ2v) is 8.26. The predicted octanol–water partition coefficient (Wildman–Crippen LogP) is 2.82. The van der Waals surface area contributed by atoms with E-state index in [-0.39, 0.29) is 30.9 Å². The molecule has 0 aromatic rings. The first-order valence-electron chi connectivity index (χ1n) is 14.0. The van der Waals surface area contributed by atoms with Crippen molar-refractivity contribution in [3.63, 3.8) is 0 Å². The van der Waals surface area contributed by atoms with Crippen LogP contribution in [0, 0.1) is 5.92 Å². The van der Waals surface area contributed by atoms with Crippen molar-refractivity contribution in [3.8, 4) is 0 Å². The fraction of sp³-hybridized carbons (Fsp3) is 0.926. The molecule has 226 valence electrons. The molecule has 0 radical (unpaired) electrons. The Morgan fingerprint density at radius 2 is 0.921 bits per heavy atom. The Bertz CT molecular complexity index is 519. The fourth-order valence-electron chi connectivity index (χ4n) is 3.07. The standard InChI is InChI=1S/C27H52O11/c1-4-7-8-25(5-2)27(29)38-24-23-36-22-21-35-20-19-34-18-17-33-16-15-32-14-13-31-12-11-30-10-9-26(28)37-6-3/h25H,4-24H2,1-3H3. The molecule has 0 spiro atoms. The molecule has 0 N–H and O–H groups in total. The van der Waals surface area contributed by atoms with Crippen molar-refractivity contribution in [3.05, 3.63) is 0 Å². The van der Waals surface area contributed by atoms with Crippen molar-refractivity contribution in [1.82, 2.24) is 0 Å². The molecule has 0 amide bonds. The monoisotopic (exact) mass is 552 g/mol.